The van der Waals surface area contributed by atoms with E-state index < -0.39 is 107 Å². The number of aromatic nitrogens is 2. The Morgan fingerprint density at radius 1 is 0.430 bits per heavy atom. The van der Waals surface area contributed by atoms with Crippen LogP contribution in [-0.4, -0.2) is 117 Å². The van der Waals surface area contributed by atoms with Gasteiger partial charge in [0, 0.05) is 58.9 Å². The van der Waals surface area contributed by atoms with Gasteiger partial charge in [-0.15, -0.1) is 0 Å². The van der Waals surface area contributed by atoms with E-state index in [4.69, 9.17) is 9.47 Å². The zero-order chi connectivity index (χ0) is 71.7. The number of anilines is 4. The summed E-state index contributed by atoms with van der Waals surface area (Å²) in [6.07, 6.45) is -8.11. The second-order valence-electron chi connectivity index (χ2n) is 22.4. The summed E-state index contributed by atoms with van der Waals surface area (Å²) in [7, 11) is 0. The van der Waals surface area contributed by atoms with Gasteiger partial charge in [0.15, 0.2) is 13.2 Å². The van der Waals surface area contributed by atoms with Gasteiger partial charge in [-0.25, -0.2) is 9.59 Å². The molecule has 0 radical (unpaired) electrons. The maximum Gasteiger partial charge on any atom is 0.471 e. The third kappa shape index (κ3) is 15.7. The van der Waals surface area contributed by atoms with Gasteiger partial charge in [0.25, 0.3) is 23.6 Å². The van der Waals surface area contributed by atoms with E-state index >= 15 is 0 Å². The minimum Gasteiger partial charge on any atom is -0.484 e. The molecule has 100 heavy (non-hydrogen) atoms. The second kappa shape index (κ2) is 29.6. The van der Waals surface area contributed by atoms with Crippen molar-refractivity contribution in [1.82, 2.24) is 19.4 Å². The molecule has 10 rings (SSSR count). The number of pyridine rings is 2. The second-order valence-corrected chi connectivity index (χ2v) is 22.4. The number of ether oxygens (including phenoxy) is 2. The van der Waals surface area contributed by atoms with E-state index in [9.17, 15) is 84.5 Å². The van der Waals surface area contributed by atoms with Gasteiger partial charge in [-0.3, -0.25) is 38.4 Å². The quantitative estimate of drug-likeness (QED) is 0.0150. The van der Waals surface area contributed by atoms with Crippen molar-refractivity contribution in [3.8, 4) is 11.5 Å². The first-order chi connectivity index (χ1) is 47.7. The number of alkyl halides is 6. The van der Waals surface area contributed by atoms with Crippen molar-refractivity contribution in [3.63, 3.8) is 0 Å². The van der Waals surface area contributed by atoms with Gasteiger partial charge < -0.3 is 60.4 Å². The minimum atomic E-state index is -5.36. The number of halogens is 6. The number of fused-ring (bicyclic) bond motifs is 2. The molecule has 6 amide bonds. The Morgan fingerprint density at radius 2 is 0.780 bits per heavy atom. The van der Waals surface area contributed by atoms with Crippen molar-refractivity contribution >= 4 is 92.7 Å². The number of carbonyl (C=O) groups excluding carboxylic acids is 8. The van der Waals surface area contributed by atoms with E-state index in [0.29, 0.717) is 22.2 Å². The molecular formula is C72H56F6N8O14. The van der Waals surface area contributed by atoms with Crippen molar-refractivity contribution in [3.05, 3.63) is 260 Å². The molecule has 0 aliphatic carbocycles. The van der Waals surface area contributed by atoms with Crippen molar-refractivity contribution in [1.29, 1.82) is 0 Å². The third-order valence-corrected chi connectivity index (χ3v) is 15.8. The van der Waals surface area contributed by atoms with E-state index in [1.54, 1.807) is 122 Å². The number of aromatic carboxylic acids is 2. The molecule has 0 saturated heterocycles. The fourth-order valence-electron chi connectivity index (χ4n) is 11.1. The van der Waals surface area contributed by atoms with Crippen LogP contribution in [0.5, 0.6) is 11.5 Å². The van der Waals surface area contributed by atoms with Gasteiger partial charge in [-0.2, -0.15) is 26.3 Å². The van der Waals surface area contributed by atoms with Crippen molar-refractivity contribution in [2.24, 2.45) is 0 Å². The molecule has 6 aromatic carbocycles. The molecule has 4 aromatic heterocycles. The molecule has 28 heteroatoms. The highest BCUT2D eigenvalue weighted by atomic mass is 19.4. The summed E-state index contributed by atoms with van der Waals surface area (Å²) in [5, 5.41) is 34.8. The van der Waals surface area contributed by atoms with E-state index in [1.807, 2.05) is 0 Å². The molecule has 0 saturated carbocycles. The lowest BCUT2D eigenvalue weighted by molar-refractivity contribution is -0.167. The number of nitrogens with one attached hydrogen (secondary N) is 6. The fourth-order valence-corrected chi connectivity index (χ4v) is 11.1. The van der Waals surface area contributed by atoms with Crippen LogP contribution >= 0.6 is 0 Å². The van der Waals surface area contributed by atoms with Crippen LogP contribution < -0.4 is 41.4 Å². The standard InChI is InChI=1S/C72H56F6N8O14/c1-39-59(53-17-9-11-33-85(53)61(39)63(89)47-27-29-51(81-69(97)71(73,74)75)57(67(93)94)49(47)35-41-13-5-3-6-14-41)83-65(91)43-19-23-45(24-20-43)99-37-55(87)79-31-32-80-56(88)38-100-46-25-21-44(22-26-46)66(92)84-60-40(2)62(86-34-12-10-18-54(60)86)64(90)48-28-30-52(82-70(98)72(76,77)78)58(68(95)96)50(48)36-42-15-7-4-8-16-42/h3-30,33-34H,31-32,35-38H2,1-2H3,(H,79,87)(H,80,88)(H,81,97)(H,82,98)(H,83,91)(H,84,92)(H,93,94)(H,95,96). The Hall–Kier alpha value is -12.9. The lowest BCUT2D eigenvalue weighted by Gasteiger charge is -2.18. The first-order valence-corrected chi connectivity index (χ1v) is 30.2. The number of rotatable bonds is 25. The monoisotopic (exact) mass is 1370 g/mol. The Kier molecular flexibility index (Phi) is 20.7. The number of hydrogen-bond acceptors (Lipinski definition) is 12. The minimum absolute atomic E-state index is 0.00911. The molecule has 0 spiro atoms. The molecule has 8 N–H and O–H groups in total. The number of carboxylic acid groups (broad SMARTS) is 2. The molecule has 510 valence electrons. The topological polar surface area (TPSA) is 311 Å². The highest BCUT2D eigenvalue weighted by Crippen LogP contribution is 2.37. The van der Waals surface area contributed by atoms with E-state index in [0.717, 1.165) is 24.3 Å². The zero-order valence-electron chi connectivity index (χ0n) is 52.5. The molecular weight excluding hydrogens is 1310 g/mol. The number of amides is 6. The lowest BCUT2D eigenvalue weighted by Crippen LogP contribution is -2.38. The van der Waals surface area contributed by atoms with Gasteiger partial charge in [-0.05, 0) is 146 Å². The Morgan fingerprint density at radius 3 is 1.12 bits per heavy atom. The maximum atomic E-state index is 14.7. The lowest BCUT2D eigenvalue weighted by atomic mass is 9.90. The summed E-state index contributed by atoms with van der Waals surface area (Å²) >= 11 is 0. The van der Waals surface area contributed by atoms with Crippen molar-refractivity contribution < 1.29 is 94.0 Å². The van der Waals surface area contributed by atoms with Gasteiger partial charge in [0.2, 0.25) is 11.6 Å². The summed E-state index contributed by atoms with van der Waals surface area (Å²) in [5.74, 6) is -11.7. The van der Waals surface area contributed by atoms with E-state index in [1.165, 1.54) is 69.7 Å². The Labute approximate surface area is 562 Å². The molecule has 0 aliphatic heterocycles. The first-order valence-electron chi connectivity index (χ1n) is 30.2. The van der Waals surface area contributed by atoms with Crippen LogP contribution in [0.25, 0.3) is 11.0 Å². The number of carbonyl (C=O) groups is 10. The van der Waals surface area contributed by atoms with Crippen LogP contribution in [0.15, 0.2) is 182 Å². The predicted molar refractivity (Wildman–Crippen MR) is 352 cm³/mol. The Balaban J connectivity index is 0.711. The van der Waals surface area contributed by atoms with Crippen LogP contribution in [0.1, 0.15) is 107 Å². The Bertz CT molecular complexity index is 4590. The molecule has 0 bridgehead atoms. The maximum absolute atomic E-state index is 14.7. The molecule has 4 heterocycles. The van der Waals surface area contributed by atoms with Gasteiger partial charge in [0.05, 0.1) is 56.3 Å². The van der Waals surface area contributed by atoms with Gasteiger partial charge in [-0.1, -0.05) is 72.8 Å². The van der Waals surface area contributed by atoms with E-state index in [2.05, 4.69) is 21.3 Å². The largest absolute Gasteiger partial charge is 0.484 e. The van der Waals surface area contributed by atoms with Crippen LogP contribution in [0, 0.1) is 13.8 Å². The van der Waals surface area contributed by atoms with Crippen LogP contribution in [-0.2, 0) is 32.0 Å². The number of nitrogens with zero attached hydrogens (tertiary/aromatic N) is 2. The average Bonchev–Trinajstić information content (AvgIpc) is 1.54. The average molecular weight is 1370 g/mol. The summed E-state index contributed by atoms with van der Waals surface area (Å²) < 4.78 is 94.4. The molecule has 0 fully saturated rings. The number of hydrogen-bond donors (Lipinski definition) is 8. The number of benzene rings is 6. The summed E-state index contributed by atoms with van der Waals surface area (Å²) in [6, 6.07) is 41.8. The third-order valence-electron chi connectivity index (χ3n) is 15.8. The predicted octanol–water partition coefficient (Wildman–Crippen LogP) is 11.0. The van der Waals surface area contributed by atoms with Crippen molar-refractivity contribution in [2.45, 2.75) is 39.0 Å². The highest BCUT2D eigenvalue weighted by molar-refractivity contribution is 6.18. The summed E-state index contributed by atoms with van der Waals surface area (Å²) in [6.45, 7) is 2.17. The summed E-state index contributed by atoms with van der Waals surface area (Å²) in [5.41, 5.74) is -0.664. The number of ketones is 2. The smallest absolute Gasteiger partial charge is 0.471 e. The van der Waals surface area contributed by atoms with Crippen LogP contribution in [0.2, 0.25) is 0 Å². The van der Waals surface area contributed by atoms with Gasteiger partial charge in [0.1, 0.15) is 11.5 Å². The molecule has 0 atom stereocenters. The normalized spacial score (nSPS) is 11.3. The SMILES string of the molecule is Cc1c(NC(=O)c2ccc(OCC(=O)NCCNC(=O)COc3ccc(C(=O)Nc4c(C)c(C(=O)c5ccc(NC(=O)C(F)(F)F)c(C(=O)O)c5Cc5ccccc5)n5ccccc45)cc3)cc2)c2ccccn2c1C(=O)c1ccc(NC(=O)C(F)(F)F)c(C(=O)O)c1Cc1ccccc1. The zero-order valence-corrected chi connectivity index (χ0v) is 52.5. The first kappa shape index (κ1) is 69.9. The molecule has 10 aromatic rings. The summed E-state index contributed by atoms with van der Waals surface area (Å²) in [4.78, 5) is 132. The number of carboxylic acids is 2. The highest BCUT2D eigenvalue weighted by Gasteiger charge is 2.41. The van der Waals surface area contributed by atoms with Crippen LogP contribution in [0.3, 0.4) is 0 Å². The fraction of sp³-hybridized carbons (Fsp3) is 0.139. The van der Waals surface area contributed by atoms with E-state index in [-0.39, 0.29) is 105 Å². The molecule has 22 nitrogen and oxygen atoms in total. The van der Waals surface area contributed by atoms with Crippen LogP contribution in [0.4, 0.5) is 49.1 Å². The molecule has 0 unspecified atom stereocenters. The van der Waals surface area contributed by atoms with Crippen molar-refractivity contribution in [2.75, 3.05) is 47.6 Å². The van der Waals surface area contributed by atoms with Gasteiger partial charge >= 0.3 is 36.1 Å². The molecule has 0 aliphatic rings.